The molecule has 0 spiro atoms. The van der Waals surface area contributed by atoms with Crippen molar-refractivity contribution in [2.24, 2.45) is 0 Å². The van der Waals surface area contributed by atoms with Crippen LogP contribution in [0.1, 0.15) is 34.6 Å². The zero-order chi connectivity index (χ0) is 11.2. The molecule has 0 amide bonds. The molecule has 4 nitrogen and oxygen atoms in total. The maximum absolute atomic E-state index is 10.1. The van der Waals surface area contributed by atoms with E-state index in [0.29, 0.717) is 19.8 Å². The Balaban J connectivity index is 0. The first-order valence-corrected chi connectivity index (χ1v) is 5.07. The minimum Gasteiger partial charge on any atom is -0.367 e. The average Bonchev–Trinajstić information content (AvgIpc) is 2.04. The van der Waals surface area contributed by atoms with Gasteiger partial charge in [0.1, 0.15) is 5.60 Å². The summed E-state index contributed by atoms with van der Waals surface area (Å²) in [6.45, 7) is 10.2. The Labute approximate surface area is 107 Å². The third-order valence-electron chi connectivity index (χ3n) is 1.95. The van der Waals surface area contributed by atoms with Gasteiger partial charge < -0.3 is 19.3 Å². The van der Waals surface area contributed by atoms with E-state index in [1.54, 1.807) is 27.7 Å². The summed E-state index contributed by atoms with van der Waals surface area (Å²) in [5.41, 5.74) is -0.881. The summed E-state index contributed by atoms with van der Waals surface area (Å²) in [6, 6.07) is 0. The van der Waals surface area contributed by atoms with E-state index in [0.717, 1.165) is 0 Å². The van der Waals surface area contributed by atoms with Crippen LogP contribution < -0.4 is 0 Å². The normalized spacial score (nSPS) is 12.4. The van der Waals surface area contributed by atoms with Gasteiger partial charge in [0.05, 0.1) is 0 Å². The number of hydrogen-bond acceptors (Lipinski definition) is 4. The van der Waals surface area contributed by atoms with Crippen LogP contribution >= 0.6 is 0 Å². The molecule has 0 atom stereocenters. The van der Waals surface area contributed by atoms with Crippen molar-refractivity contribution < 1.29 is 41.0 Å². The van der Waals surface area contributed by atoms with Gasteiger partial charge in [0, 0.05) is 41.5 Å². The molecule has 0 bridgehead atoms. The summed E-state index contributed by atoms with van der Waals surface area (Å²) in [4.78, 5) is 0. The molecule has 0 radical (unpaired) electrons. The van der Waals surface area contributed by atoms with Gasteiger partial charge in [-0.25, -0.2) is 0 Å². The van der Waals surface area contributed by atoms with E-state index >= 15 is 0 Å². The summed E-state index contributed by atoms with van der Waals surface area (Å²) >= 11 is 0. The molecule has 0 fully saturated rings. The van der Waals surface area contributed by atoms with Crippen LogP contribution in [-0.2, 0) is 35.9 Å². The fraction of sp³-hybridized carbons (Fsp3) is 1.00. The van der Waals surface area contributed by atoms with Gasteiger partial charge in [0.2, 0.25) is 0 Å². The van der Waals surface area contributed by atoms with E-state index in [1.807, 2.05) is 6.92 Å². The zero-order valence-corrected chi connectivity index (χ0v) is 11.9. The van der Waals surface area contributed by atoms with Gasteiger partial charge in [0.25, 0.3) is 0 Å². The first-order chi connectivity index (χ1) is 6.43. The third-order valence-corrected chi connectivity index (χ3v) is 1.95. The van der Waals surface area contributed by atoms with Gasteiger partial charge >= 0.3 is 5.97 Å². The molecule has 0 aromatic rings. The summed E-state index contributed by atoms with van der Waals surface area (Å²) in [5, 5.41) is 10.1. The van der Waals surface area contributed by atoms with Crippen LogP contribution in [0, 0.1) is 0 Å². The third kappa shape index (κ3) is 4.94. The maximum Gasteiger partial charge on any atom is 0.310 e. The summed E-state index contributed by atoms with van der Waals surface area (Å²) in [7, 11) is 0. The van der Waals surface area contributed by atoms with E-state index in [-0.39, 0.29) is 21.7 Å². The van der Waals surface area contributed by atoms with Gasteiger partial charge in [-0.15, -0.1) is 0 Å². The summed E-state index contributed by atoms with van der Waals surface area (Å²) in [6.07, 6.45) is 0. The van der Waals surface area contributed by atoms with E-state index in [9.17, 15) is 5.11 Å². The van der Waals surface area contributed by atoms with Crippen molar-refractivity contribution in [3.8, 4) is 0 Å². The van der Waals surface area contributed by atoms with Crippen LogP contribution in [0.2, 0.25) is 0 Å². The molecule has 1 N–H and O–H groups in total. The summed E-state index contributed by atoms with van der Waals surface area (Å²) in [5.74, 6) is -1.67. The van der Waals surface area contributed by atoms with Gasteiger partial charge in [0.15, 0.2) is 0 Å². The molecule has 0 heterocycles. The average molecular weight is 254 g/mol. The second-order valence-electron chi connectivity index (χ2n) is 3.39. The van der Waals surface area contributed by atoms with Crippen molar-refractivity contribution in [2.75, 3.05) is 19.8 Å². The van der Waals surface area contributed by atoms with Gasteiger partial charge in [-0.3, -0.25) is 0 Å². The Hall–Kier alpha value is 0.554. The minimum absolute atomic E-state index is 0. The van der Waals surface area contributed by atoms with Gasteiger partial charge in [-0.1, -0.05) is 0 Å². The molecular formula is C10H22O4Ti. The molecule has 0 unspecified atom stereocenters. The van der Waals surface area contributed by atoms with E-state index < -0.39 is 11.6 Å². The Morgan fingerprint density at radius 1 is 0.867 bits per heavy atom. The molecule has 90 valence electrons. The molecule has 0 aromatic carbocycles. The topological polar surface area (TPSA) is 47.9 Å². The van der Waals surface area contributed by atoms with Crippen LogP contribution in [0.5, 0.6) is 0 Å². The van der Waals surface area contributed by atoms with Crippen LogP contribution in [0.25, 0.3) is 0 Å². The van der Waals surface area contributed by atoms with E-state index in [2.05, 4.69) is 0 Å². The Kier molecular flexibility index (Phi) is 9.29. The second-order valence-corrected chi connectivity index (χ2v) is 3.39. The largest absolute Gasteiger partial charge is 0.367 e. The van der Waals surface area contributed by atoms with Crippen molar-refractivity contribution in [1.82, 2.24) is 0 Å². The SMILES string of the molecule is CCOC(C)(C)C(O)(OCC)OCC.[Ti]. The summed E-state index contributed by atoms with van der Waals surface area (Å²) < 4.78 is 15.8. The molecule has 0 saturated heterocycles. The van der Waals surface area contributed by atoms with Crippen molar-refractivity contribution in [1.29, 1.82) is 0 Å². The number of rotatable bonds is 7. The van der Waals surface area contributed by atoms with E-state index in [4.69, 9.17) is 14.2 Å². The van der Waals surface area contributed by atoms with Crippen molar-refractivity contribution in [3.63, 3.8) is 0 Å². The number of ether oxygens (including phenoxy) is 3. The number of aliphatic hydroxyl groups is 1. The molecule has 0 aliphatic rings. The first-order valence-electron chi connectivity index (χ1n) is 5.07. The Bertz CT molecular complexity index is 156. The molecule has 0 aliphatic heterocycles. The fourth-order valence-corrected chi connectivity index (χ4v) is 1.23. The monoisotopic (exact) mass is 254 g/mol. The van der Waals surface area contributed by atoms with Crippen LogP contribution in [0.15, 0.2) is 0 Å². The quantitative estimate of drug-likeness (QED) is 0.552. The minimum atomic E-state index is -1.67. The molecule has 0 saturated carbocycles. The Morgan fingerprint density at radius 2 is 1.20 bits per heavy atom. The molecule has 0 aliphatic carbocycles. The predicted molar refractivity (Wildman–Crippen MR) is 53.9 cm³/mol. The zero-order valence-electron chi connectivity index (χ0n) is 10.3. The second kappa shape index (κ2) is 7.77. The van der Waals surface area contributed by atoms with Crippen LogP contribution in [0.3, 0.4) is 0 Å². The molecule has 0 rings (SSSR count). The van der Waals surface area contributed by atoms with Crippen molar-refractivity contribution >= 4 is 0 Å². The maximum atomic E-state index is 10.1. The standard InChI is InChI=1S/C10H22O4.Ti/c1-6-12-9(4,5)10(11,13-7-2)14-8-3;/h11H,6-8H2,1-5H3;. The smallest absolute Gasteiger partial charge is 0.310 e. The van der Waals surface area contributed by atoms with Crippen LogP contribution in [0.4, 0.5) is 0 Å². The predicted octanol–water partition coefficient (Wildman–Crippen LogP) is 1.52. The molecular weight excluding hydrogens is 232 g/mol. The molecule has 0 aromatic heterocycles. The molecule has 5 heteroatoms. The molecule has 15 heavy (non-hydrogen) atoms. The van der Waals surface area contributed by atoms with Crippen LogP contribution in [-0.4, -0.2) is 36.5 Å². The van der Waals surface area contributed by atoms with E-state index in [1.165, 1.54) is 0 Å². The Morgan fingerprint density at radius 3 is 1.47 bits per heavy atom. The van der Waals surface area contributed by atoms with Gasteiger partial charge in [-0.2, -0.15) is 0 Å². The van der Waals surface area contributed by atoms with Crippen molar-refractivity contribution in [3.05, 3.63) is 0 Å². The first kappa shape index (κ1) is 17.9. The number of hydrogen-bond donors (Lipinski definition) is 1. The van der Waals surface area contributed by atoms with Crippen molar-refractivity contribution in [2.45, 2.75) is 46.2 Å². The fourth-order valence-electron chi connectivity index (χ4n) is 1.23. The van der Waals surface area contributed by atoms with Gasteiger partial charge in [-0.05, 0) is 34.6 Å².